The minimum absolute atomic E-state index is 0.205. The van der Waals surface area contributed by atoms with Gasteiger partial charge in [-0.05, 0) is 17.0 Å². The third-order valence-electron chi connectivity index (χ3n) is 3.02. The number of carbonyl (C=O) groups is 1. The number of aromatic carboxylic acids is 1. The Kier molecular flexibility index (Phi) is 3.35. The van der Waals surface area contributed by atoms with Gasteiger partial charge >= 0.3 is 5.97 Å². The lowest BCUT2D eigenvalue weighted by Crippen LogP contribution is -2.07. The van der Waals surface area contributed by atoms with Crippen LogP contribution in [0.4, 0.5) is 5.69 Å². The average Bonchev–Trinajstić information content (AvgIpc) is 2.94. The molecular formula is C15H12N2O2S. The summed E-state index contributed by atoms with van der Waals surface area (Å²) in [7, 11) is 0. The smallest absolute Gasteiger partial charge is 0.339 e. The van der Waals surface area contributed by atoms with Crippen molar-refractivity contribution in [3.8, 4) is 0 Å². The molecule has 0 saturated carbocycles. The topological polar surface area (TPSA) is 62.2 Å². The number of fused-ring (bicyclic) bond motifs is 1. The molecule has 3 aromatic rings. The lowest BCUT2D eigenvalue weighted by molar-refractivity contribution is 0.0697. The summed E-state index contributed by atoms with van der Waals surface area (Å²) in [6, 6.07) is 11.8. The fourth-order valence-corrected chi connectivity index (χ4v) is 2.91. The van der Waals surface area contributed by atoms with Crippen molar-refractivity contribution in [1.29, 1.82) is 0 Å². The minimum Gasteiger partial charge on any atom is -0.478 e. The number of pyridine rings is 1. The van der Waals surface area contributed by atoms with E-state index in [1.807, 2.05) is 41.8 Å². The summed E-state index contributed by atoms with van der Waals surface area (Å²) in [5.74, 6) is -0.969. The van der Waals surface area contributed by atoms with Crippen LogP contribution in [-0.4, -0.2) is 16.1 Å². The number of nitrogens with zero attached hydrogens (tertiary/aromatic N) is 1. The molecule has 0 radical (unpaired) electrons. The van der Waals surface area contributed by atoms with Crippen molar-refractivity contribution in [2.75, 3.05) is 5.32 Å². The molecule has 0 bridgehead atoms. The van der Waals surface area contributed by atoms with E-state index in [1.54, 1.807) is 0 Å². The van der Waals surface area contributed by atoms with Crippen molar-refractivity contribution in [3.05, 3.63) is 59.1 Å². The molecule has 2 aromatic heterocycles. The highest BCUT2D eigenvalue weighted by Crippen LogP contribution is 2.30. The van der Waals surface area contributed by atoms with Gasteiger partial charge in [-0.2, -0.15) is 0 Å². The molecule has 0 aliphatic carbocycles. The van der Waals surface area contributed by atoms with Gasteiger partial charge in [0.25, 0.3) is 0 Å². The van der Waals surface area contributed by atoms with Crippen molar-refractivity contribution in [2.24, 2.45) is 0 Å². The van der Waals surface area contributed by atoms with Gasteiger partial charge < -0.3 is 10.4 Å². The number of hydrogen-bond donors (Lipinski definition) is 2. The van der Waals surface area contributed by atoms with Crippen molar-refractivity contribution in [1.82, 2.24) is 4.98 Å². The Balaban J connectivity index is 1.98. The molecule has 0 aliphatic rings. The molecular weight excluding hydrogens is 272 g/mol. The summed E-state index contributed by atoms with van der Waals surface area (Å²) in [4.78, 5) is 15.5. The van der Waals surface area contributed by atoms with E-state index in [1.165, 1.54) is 17.5 Å². The highest BCUT2D eigenvalue weighted by molar-refractivity contribution is 7.17. The fraction of sp³-hybridized carbons (Fsp3) is 0.0667. The Hall–Kier alpha value is -2.40. The molecule has 1 aromatic carbocycles. The van der Waals surface area contributed by atoms with Crippen LogP contribution in [0.25, 0.3) is 10.2 Å². The van der Waals surface area contributed by atoms with E-state index in [0.717, 1.165) is 15.8 Å². The first kappa shape index (κ1) is 12.6. The number of aromatic nitrogens is 1. The highest BCUT2D eigenvalue weighted by atomic mass is 32.1. The van der Waals surface area contributed by atoms with Crippen molar-refractivity contribution >= 4 is 33.2 Å². The molecule has 4 nitrogen and oxygen atoms in total. The largest absolute Gasteiger partial charge is 0.478 e. The molecule has 0 saturated heterocycles. The molecule has 5 heteroatoms. The highest BCUT2D eigenvalue weighted by Gasteiger charge is 2.15. The van der Waals surface area contributed by atoms with Gasteiger partial charge in [-0.1, -0.05) is 30.3 Å². The van der Waals surface area contributed by atoms with Crippen LogP contribution in [0.15, 0.2) is 48.0 Å². The summed E-state index contributed by atoms with van der Waals surface area (Å²) in [6.07, 6.45) is 1.41. The van der Waals surface area contributed by atoms with Gasteiger partial charge in [-0.15, -0.1) is 11.3 Å². The molecule has 100 valence electrons. The second-order valence-electron chi connectivity index (χ2n) is 4.33. The molecule has 0 aliphatic heterocycles. The number of carboxylic acid groups (broad SMARTS) is 1. The van der Waals surface area contributed by atoms with Gasteiger partial charge in [0.1, 0.15) is 5.56 Å². The van der Waals surface area contributed by atoms with Crippen LogP contribution in [0.1, 0.15) is 15.9 Å². The van der Waals surface area contributed by atoms with Crippen LogP contribution in [0.3, 0.4) is 0 Å². The first-order chi connectivity index (χ1) is 9.75. The number of benzene rings is 1. The summed E-state index contributed by atoms with van der Waals surface area (Å²) >= 11 is 1.49. The third-order valence-corrected chi connectivity index (χ3v) is 3.94. The second-order valence-corrected chi connectivity index (χ2v) is 5.24. The zero-order valence-corrected chi connectivity index (χ0v) is 11.4. The number of hydrogen-bond acceptors (Lipinski definition) is 4. The summed E-state index contributed by atoms with van der Waals surface area (Å²) in [5, 5.41) is 14.4. The van der Waals surface area contributed by atoms with Crippen molar-refractivity contribution in [2.45, 2.75) is 6.54 Å². The molecule has 0 atom stereocenters. The Morgan fingerprint density at radius 1 is 1.25 bits per heavy atom. The number of nitrogens with one attached hydrogen (secondary N) is 1. The molecule has 0 fully saturated rings. The van der Waals surface area contributed by atoms with Crippen molar-refractivity contribution in [3.63, 3.8) is 0 Å². The van der Waals surface area contributed by atoms with E-state index in [9.17, 15) is 9.90 Å². The maximum atomic E-state index is 11.3. The van der Waals surface area contributed by atoms with Crippen molar-refractivity contribution < 1.29 is 9.90 Å². The van der Waals surface area contributed by atoms with Crippen LogP contribution >= 0.6 is 11.3 Å². The maximum Gasteiger partial charge on any atom is 0.339 e. The van der Waals surface area contributed by atoms with Gasteiger partial charge in [0.05, 0.1) is 15.9 Å². The molecule has 3 rings (SSSR count). The molecule has 20 heavy (non-hydrogen) atoms. The maximum absolute atomic E-state index is 11.3. The predicted molar refractivity (Wildman–Crippen MR) is 80.3 cm³/mol. The van der Waals surface area contributed by atoms with Gasteiger partial charge in [-0.25, -0.2) is 4.79 Å². The molecule has 0 unspecified atom stereocenters. The number of rotatable bonds is 4. The van der Waals surface area contributed by atoms with Gasteiger partial charge in [-0.3, -0.25) is 4.98 Å². The molecule has 2 heterocycles. The zero-order valence-electron chi connectivity index (χ0n) is 10.5. The van der Waals surface area contributed by atoms with Gasteiger partial charge in [0.15, 0.2) is 0 Å². The Bertz CT molecular complexity index is 753. The molecule has 0 amide bonds. The minimum atomic E-state index is -0.969. The second kappa shape index (κ2) is 5.30. The van der Waals surface area contributed by atoms with Gasteiger partial charge in [0, 0.05) is 12.7 Å². The number of carboxylic acids is 1. The van der Waals surface area contributed by atoms with Gasteiger partial charge in [0.2, 0.25) is 0 Å². The Morgan fingerprint density at radius 3 is 2.80 bits per heavy atom. The average molecular weight is 284 g/mol. The van der Waals surface area contributed by atoms with E-state index in [2.05, 4.69) is 10.3 Å². The van der Waals surface area contributed by atoms with E-state index < -0.39 is 5.97 Å². The first-order valence-electron chi connectivity index (χ1n) is 6.13. The van der Waals surface area contributed by atoms with E-state index in [4.69, 9.17) is 0 Å². The summed E-state index contributed by atoms with van der Waals surface area (Å²) in [5.41, 5.74) is 2.76. The lowest BCUT2D eigenvalue weighted by atomic mass is 10.2. The number of thiophene rings is 1. The third kappa shape index (κ3) is 2.35. The zero-order chi connectivity index (χ0) is 13.9. The fourth-order valence-electron chi connectivity index (χ4n) is 2.04. The lowest BCUT2D eigenvalue weighted by Gasteiger charge is -2.10. The molecule has 2 N–H and O–H groups in total. The predicted octanol–water partition coefficient (Wildman–Crippen LogP) is 3.61. The summed E-state index contributed by atoms with van der Waals surface area (Å²) < 4.78 is 0.876. The van der Waals surface area contributed by atoms with Crippen LogP contribution in [0.2, 0.25) is 0 Å². The number of anilines is 1. The van der Waals surface area contributed by atoms with Crippen LogP contribution in [0.5, 0.6) is 0 Å². The van der Waals surface area contributed by atoms with E-state index in [0.29, 0.717) is 12.2 Å². The normalized spacial score (nSPS) is 10.6. The van der Waals surface area contributed by atoms with Crippen LogP contribution < -0.4 is 5.32 Å². The SMILES string of the molecule is O=C(O)c1cnc2ccsc2c1NCc1ccccc1. The van der Waals surface area contributed by atoms with Crippen LogP contribution in [-0.2, 0) is 6.54 Å². The standard InChI is InChI=1S/C15H12N2O2S/c18-15(19)11-9-16-12-6-7-20-14(12)13(11)17-8-10-4-2-1-3-5-10/h1-7,9H,8H2,(H,16,17)(H,18,19). The monoisotopic (exact) mass is 284 g/mol. The first-order valence-corrected chi connectivity index (χ1v) is 7.01. The summed E-state index contributed by atoms with van der Waals surface area (Å²) in [6.45, 7) is 0.581. The Labute approximate surface area is 119 Å². The van der Waals surface area contributed by atoms with Crippen LogP contribution in [0, 0.1) is 0 Å². The Morgan fingerprint density at radius 2 is 2.05 bits per heavy atom. The molecule has 0 spiro atoms. The van der Waals surface area contributed by atoms with E-state index in [-0.39, 0.29) is 5.56 Å². The van der Waals surface area contributed by atoms with E-state index >= 15 is 0 Å². The quantitative estimate of drug-likeness (QED) is 0.768.